The van der Waals surface area contributed by atoms with Crippen molar-refractivity contribution in [2.45, 2.75) is 11.3 Å². The van der Waals surface area contributed by atoms with E-state index in [4.69, 9.17) is 0 Å². The molecule has 0 aromatic heterocycles. The lowest BCUT2D eigenvalue weighted by atomic mass is 10.1. The van der Waals surface area contributed by atoms with Crippen LogP contribution in [0.4, 0.5) is 0 Å². The highest BCUT2D eigenvalue weighted by Crippen LogP contribution is 2.16. The molecule has 0 spiro atoms. The van der Waals surface area contributed by atoms with Crippen molar-refractivity contribution in [3.05, 3.63) is 40.4 Å². The molecule has 0 amide bonds. The summed E-state index contributed by atoms with van der Waals surface area (Å²) in [5, 5.41) is 3.19. The molecular formula is C12H15BrN2O2S. The highest BCUT2D eigenvalue weighted by molar-refractivity contribution is 9.10. The van der Waals surface area contributed by atoms with E-state index in [9.17, 15) is 8.42 Å². The molecule has 0 atom stereocenters. The first-order valence-corrected chi connectivity index (χ1v) is 7.99. The summed E-state index contributed by atoms with van der Waals surface area (Å²) >= 11 is 3.27. The van der Waals surface area contributed by atoms with Crippen LogP contribution in [0.25, 0.3) is 0 Å². The fourth-order valence-electron chi connectivity index (χ4n) is 1.74. The largest absolute Gasteiger partial charge is 0.313 e. The second-order valence-corrected chi connectivity index (χ2v) is 6.78. The van der Waals surface area contributed by atoms with Gasteiger partial charge < -0.3 is 5.32 Å². The summed E-state index contributed by atoms with van der Waals surface area (Å²) in [5.74, 6) is 0. The maximum atomic E-state index is 12.1. The van der Waals surface area contributed by atoms with Gasteiger partial charge in [-0.3, -0.25) is 0 Å². The van der Waals surface area contributed by atoms with Crippen LogP contribution in [-0.2, 0) is 10.0 Å². The summed E-state index contributed by atoms with van der Waals surface area (Å²) in [6, 6.07) is 6.69. The quantitative estimate of drug-likeness (QED) is 0.825. The van der Waals surface area contributed by atoms with Crippen molar-refractivity contribution in [3.63, 3.8) is 0 Å². The van der Waals surface area contributed by atoms with Crippen molar-refractivity contribution in [3.8, 4) is 0 Å². The van der Waals surface area contributed by atoms with Crippen LogP contribution >= 0.6 is 15.9 Å². The lowest BCUT2D eigenvalue weighted by molar-refractivity contribution is 0.582. The topological polar surface area (TPSA) is 58.2 Å². The number of nitrogens with one attached hydrogen (secondary N) is 2. The Morgan fingerprint density at radius 1 is 1.39 bits per heavy atom. The van der Waals surface area contributed by atoms with Gasteiger partial charge in [0.1, 0.15) is 0 Å². The number of rotatable bonds is 4. The van der Waals surface area contributed by atoms with Crippen molar-refractivity contribution in [1.29, 1.82) is 0 Å². The Morgan fingerprint density at radius 2 is 2.22 bits per heavy atom. The van der Waals surface area contributed by atoms with Crippen LogP contribution < -0.4 is 10.0 Å². The van der Waals surface area contributed by atoms with Crippen LogP contribution in [0.5, 0.6) is 0 Å². The molecule has 6 heteroatoms. The van der Waals surface area contributed by atoms with Gasteiger partial charge in [-0.05, 0) is 31.2 Å². The van der Waals surface area contributed by atoms with E-state index >= 15 is 0 Å². The number of halogens is 1. The van der Waals surface area contributed by atoms with Gasteiger partial charge in [0, 0.05) is 17.6 Å². The zero-order valence-corrected chi connectivity index (χ0v) is 12.2. The molecule has 0 unspecified atom stereocenters. The maximum absolute atomic E-state index is 12.1. The lowest BCUT2D eigenvalue weighted by Crippen LogP contribution is -2.29. The smallest absolute Gasteiger partial charge is 0.240 e. The Bertz CT molecular complexity index is 555. The molecule has 4 nitrogen and oxygen atoms in total. The minimum atomic E-state index is -3.42. The van der Waals surface area contributed by atoms with Gasteiger partial charge in [-0.2, -0.15) is 0 Å². The average molecular weight is 331 g/mol. The first-order chi connectivity index (χ1) is 8.58. The number of hydrogen-bond acceptors (Lipinski definition) is 3. The van der Waals surface area contributed by atoms with Crippen LogP contribution in [-0.4, -0.2) is 28.1 Å². The minimum Gasteiger partial charge on any atom is -0.313 e. The third-order valence-electron chi connectivity index (χ3n) is 2.75. The van der Waals surface area contributed by atoms with Crippen LogP contribution in [0, 0.1) is 0 Å². The van der Waals surface area contributed by atoms with Gasteiger partial charge in [0.15, 0.2) is 0 Å². The van der Waals surface area contributed by atoms with E-state index < -0.39 is 10.0 Å². The molecule has 18 heavy (non-hydrogen) atoms. The average Bonchev–Trinajstić information content (AvgIpc) is 2.38. The molecule has 1 heterocycles. The molecule has 0 saturated carbocycles. The second-order valence-electron chi connectivity index (χ2n) is 4.10. The molecule has 2 N–H and O–H groups in total. The molecule has 0 fully saturated rings. The highest BCUT2D eigenvalue weighted by atomic mass is 79.9. The number of benzene rings is 1. The van der Waals surface area contributed by atoms with Crippen molar-refractivity contribution in [2.75, 3.05) is 19.6 Å². The zero-order chi connectivity index (χ0) is 13.0. The van der Waals surface area contributed by atoms with Gasteiger partial charge in [0.05, 0.1) is 4.90 Å². The van der Waals surface area contributed by atoms with E-state index in [0.717, 1.165) is 29.6 Å². The molecule has 98 valence electrons. The molecule has 0 aliphatic carbocycles. The Labute approximate surface area is 116 Å². The van der Waals surface area contributed by atoms with Crippen molar-refractivity contribution in [2.24, 2.45) is 0 Å². The Kier molecular flexibility index (Phi) is 4.55. The predicted octanol–water partition coefficient (Wildman–Crippen LogP) is 1.65. The summed E-state index contributed by atoms with van der Waals surface area (Å²) in [4.78, 5) is 0.284. The fourth-order valence-corrected chi connectivity index (χ4v) is 3.37. The predicted molar refractivity (Wildman–Crippen MR) is 74.9 cm³/mol. The van der Waals surface area contributed by atoms with Gasteiger partial charge in [-0.15, -0.1) is 0 Å². The zero-order valence-electron chi connectivity index (χ0n) is 9.82. The summed E-state index contributed by atoms with van der Waals surface area (Å²) in [5.41, 5.74) is 1.13. The maximum Gasteiger partial charge on any atom is 0.240 e. The van der Waals surface area contributed by atoms with Crippen molar-refractivity contribution < 1.29 is 8.42 Å². The SMILES string of the molecule is O=S(=O)(NCC1=CCNCC1)c1cccc(Br)c1. The van der Waals surface area contributed by atoms with E-state index in [1.165, 1.54) is 0 Å². The summed E-state index contributed by atoms with van der Waals surface area (Å²) < 4.78 is 27.5. The molecule has 1 aliphatic rings. The molecule has 0 radical (unpaired) electrons. The minimum absolute atomic E-state index is 0.284. The first kappa shape index (κ1) is 13.7. The standard InChI is InChI=1S/C12H15BrN2O2S/c13-11-2-1-3-12(8-11)18(16,17)15-9-10-4-6-14-7-5-10/h1-4,8,14-15H,5-7,9H2. The number of sulfonamides is 1. The molecule has 1 aromatic rings. The Balaban J connectivity index is 2.05. The fraction of sp³-hybridized carbons (Fsp3) is 0.333. The highest BCUT2D eigenvalue weighted by Gasteiger charge is 2.14. The monoisotopic (exact) mass is 330 g/mol. The van der Waals surface area contributed by atoms with Crippen LogP contribution in [0.2, 0.25) is 0 Å². The van der Waals surface area contributed by atoms with Gasteiger partial charge in [-0.25, -0.2) is 13.1 Å². The van der Waals surface area contributed by atoms with E-state index in [2.05, 4.69) is 26.0 Å². The molecule has 0 bridgehead atoms. The molecule has 2 rings (SSSR count). The molecule has 0 saturated heterocycles. The van der Waals surface area contributed by atoms with Crippen molar-refractivity contribution >= 4 is 26.0 Å². The second kappa shape index (κ2) is 5.97. The normalized spacial score (nSPS) is 16.4. The van der Waals surface area contributed by atoms with E-state index in [0.29, 0.717) is 6.54 Å². The van der Waals surface area contributed by atoms with Gasteiger partial charge in [-0.1, -0.05) is 33.6 Å². The van der Waals surface area contributed by atoms with Gasteiger partial charge >= 0.3 is 0 Å². The van der Waals surface area contributed by atoms with Crippen LogP contribution in [0.1, 0.15) is 6.42 Å². The van der Waals surface area contributed by atoms with E-state index in [-0.39, 0.29) is 4.90 Å². The Morgan fingerprint density at radius 3 is 2.89 bits per heavy atom. The summed E-state index contributed by atoms with van der Waals surface area (Å²) in [6.07, 6.45) is 2.92. The van der Waals surface area contributed by atoms with Crippen LogP contribution in [0.3, 0.4) is 0 Å². The molecule has 1 aromatic carbocycles. The first-order valence-electron chi connectivity index (χ1n) is 5.72. The lowest BCUT2D eigenvalue weighted by Gasteiger charge is -2.14. The molecular weight excluding hydrogens is 316 g/mol. The number of hydrogen-bond donors (Lipinski definition) is 2. The summed E-state index contributed by atoms with van der Waals surface area (Å²) in [7, 11) is -3.42. The summed E-state index contributed by atoms with van der Waals surface area (Å²) in [6.45, 7) is 2.11. The Hall–Kier alpha value is -0.690. The third-order valence-corrected chi connectivity index (χ3v) is 4.65. The van der Waals surface area contributed by atoms with Gasteiger partial charge in [0.25, 0.3) is 0 Å². The van der Waals surface area contributed by atoms with Crippen molar-refractivity contribution in [1.82, 2.24) is 10.0 Å². The van der Waals surface area contributed by atoms with E-state index in [1.54, 1.807) is 24.3 Å². The third kappa shape index (κ3) is 3.65. The van der Waals surface area contributed by atoms with E-state index in [1.807, 2.05) is 6.08 Å². The van der Waals surface area contributed by atoms with Crippen LogP contribution in [0.15, 0.2) is 45.3 Å². The van der Waals surface area contributed by atoms with Gasteiger partial charge in [0.2, 0.25) is 10.0 Å². The molecule has 1 aliphatic heterocycles.